The first kappa shape index (κ1) is 23.1. The molecule has 0 atom stereocenters. The molecular weight excluding hydrogens is 455 g/mol. The van der Waals surface area contributed by atoms with Crippen LogP contribution in [0.5, 0.6) is 0 Å². The molecule has 2 aliphatic rings. The molecule has 0 bridgehead atoms. The van der Waals surface area contributed by atoms with Gasteiger partial charge in [0.1, 0.15) is 11.6 Å². The van der Waals surface area contributed by atoms with Gasteiger partial charge in [0.05, 0.1) is 29.4 Å². The molecule has 2 aromatic carbocycles. The van der Waals surface area contributed by atoms with E-state index in [9.17, 15) is 30.4 Å². The van der Waals surface area contributed by atoms with Crippen LogP contribution in [0.2, 0.25) is 0 Å². The van der Waals surface area contributed by atoms with Gasteiger partial charge >= 0.3 is 6.18 Å². The van der Waals surface area contributed by atoms with Crippen LogP contribution in [0.25, 0.3) is 11.1 Å². The zero-order valence-electron chi connectivity index (χ0n) is 16.9. The van der Waals surface area contributed by atoms with Gasteiger partial charge in [0, 0.05) is 24.5 Å². The summed E-state index contributed by atoms with van der Waals surface area (Å²) in [5.41, 5.74) is -1.81. The molecule has 4 rings (SSSR count). The van der Waals surface area contributed by atoms with Crippen molar-refractivity contribution < 1.29 is 39.8 Å². The molecule has 0 aromatic heterocycles. The monoisotopic (exact) mass is 476 g/mol. The molecule has 1 saturated carbocycles. The first-order valence-electron chi connectivity index (χ1n) is 10.2. The molecule has 1 saturated heterocycles. The second kappa shape index (κ2) is 8.39. The van der Waals surface area contributed by atoms with Crippen LogP contribution in [-0.4, -0.2) is 33.2 Å². The van der Waals surface area contributed by atoms with Crippen LogP contribution in [0.3, 0.4) is 0 Å². The quantitative estimate of drug-likeness (QED) is 0.558. The average molecular weight is 476 g/mol. The third kappa shape index (κ3) is 4.67. The summed E-state index contributed by atoms with van der Waals surface area (Å²) in [6, 6.07) is 5.04. The highest BCUT2D eigenvalue weighted by Gasteiger charge is 2.42. The molecule has 0 amide bonds. The van der Waals surface area contributed by atoms with Gasteiger partial charge in [-0.2, -0.15) is 13.2 Å². The summed E-state index contributed by atoms with van der Waals surface area (Å²) in [5, 5.41) is 0. The van der Waals surface area contributed by atoms with Gasteiger partial charge in [0.2, 0.25) is 0 Å². The number of halogens is 5. The van der Waals surface area contributed by atoms with Crippen LogP contribution in [0.4, 0.5) is 22.0 Å². The van der Waals surface area contributed by atoms with E-state index in [0.29, 0.717) is 51.0 Å². The van der Waals surface area contributed by atoms with Crippen molar-refractivity contribution in [2.45, 2.75) is 42.5 Å². The fraction of sp³-hybridized carbons (Fsp3) is 0.455. The van der Waals surface area contributed by atoms with E-state index in [4.69, 9.17) is 9.47 Å². The van der Waals surface area contributed by atoms with E-state index in [2.05, 4.69) is 0 Å². The van der Waals surface area contributed by atoms with Gasteiger partial charge in [-0.1, -0.05) is 6.07 Å². The summed E-state index contributed by atoms with van der Waals surface area (Å²) in [4.78, 5) is -0.843. The smallest absolute Gasteiger partial charge is 0.348 e. The SMILES string of the molecule is O=S(=O)(CC1CCC2(CC1)OCCO2)c1ccc(-c2ccc(F)cc2F)cc1C(F)(F)F. The fourth-order valence-corrected chi connectivity index (χ4v) is 6.30. The van der Waals surface area contributed by atoms with Gasteiger partial charge in [-0.25, -0.2) is 17.2 Å². The summed E-state index contributed by atoms with van der Waals surface area (Å²) in [7, 11) is -4.28. The van der Waals surface area contributed by atoms with Crippen molar-refractivity contribution in [2.24, 2.45) is 5.92 Å². The lowest BCUT2D eigenvalue weighted by molar-refractivity contribution is -0.181. The molecule has 0 N–H and O–H groups in total. The van der Waals surface area contributed by atoms with Gasteiger partial charge in [-0.15, -0.1) is 0 Å². The van der Waals surface area contributed by atoms with E-state index in [1.165, 1.54) is 0 Å². The summed E-state index contributed by atoms with van der Waals surface area (Å²) in [5.74, 6) is -3.37. The highest BCUT2D eigenvalue weighted by atomic mass is 32.2. The second-order valence-electron chi connectivity index (χ2n) is 8.17. The molecule has 10 heteroatoms. The molecule has 0 unspecified atom stereocenters. The Hall–Kier alpha value is -2.04. The van der Waals surface area contributed by atoms with Gasteiger partial charge in [-0.3, -0.25) is 0 Å². The molecule has 2 fully saturated rings. The Morgan fingerprint density at radius 3 is 2.22 bits per heavy atom. The van der Waals surface area contributed by atoms with Crippen molar-refractivity contribution in [1.82, 2.24) is 0 Å². The van der Waals surface area contributed by atoms with E-state index < -0.39 is 49.6 Å². The van der Waals surface area contributed by atoms with Crippen molar-refractivity contribution in [1.29, 1.82) is 0 Å². The lowest BCUT2D eigenvalue weighted by Gasteiger charge is -2.35. The summed E-state index contributed by atoms with van der Waals surface area (Å²) in [6.07, 6.45) is -3.08. The Balaban J connectivity index is 1.61. The van der Waals surface area contributed by atoms with Crippen LogP contribution < -0.4 is 0 Å². The van der Waals surface area contributed by atoms with Crippen molar-refractivity contribution in [2.75, 3.05) is 19.0 Å². The Labute approximate surface area is 182 Å². The van der Waals surface area contributed by atoms with Gasteiger partial charge in [0.25, 0.3) is 0 Å². The van der Waals surface area contributed by atoms with Crippen LogP contribution in [-0.2, 0) is 25.5 Å². The number of ether oxygens (including phenoxy) is 2. The maximum Gasteiger partial charge on any atom is 0.417 e. The molecule has 174 valence electrons. The molecule has 4 nitrogen and oxygen atoms in total. The fourth-order valence-electron chi connectivity index (χ4n) is 4.38. The third-order valence-corrected chi connectivity index (χ3v) is 7.93. The molecule has 1 spiro atoms. The number of benzene rings is 2. The highest BCUT2D eigenvalue weighted by Crippen LogP contribution is 2.41. The largest absolute Gasteiger partial charge is 0.417 e. The van der Waals surface area contributed by atoms with Crippen LogP contribution in [0, 0.1) is 17.6 Å². The summed E-state index contributed by atoms with van der Waals surface area (Å²) >= 11 is 0. The minimum atomic E-state index is -4.98. The number of hydrogen-bond donors (Lipinski definition) is 0. The van der Waals surface area contributed by atoms with Gasteiger partial charge in [-0.05, 0) is 48.6 Å². The first-order valence-corrected chi connectivity index (χ1v) is 11.8. The minimum absolute atomic E-state index is 0.191. The lowest BCUT2D eigenvalue weighted by Crippen LogP contribution is -2.36. The van der Waals surface area contributed by atoms with Gasteiger partial charge in [0.15, 0.2) is 15.6 Å². The van der Waals surface area contributed by atoms with Crippen LogP contribution in [0.15, 0.2) is 41.3 Å². The third-order valence-electron chi connectivity index (χ3n) is 6.00. The maximum atomic E-state index is 14.1. The van der Waals surface area contributed by atoms with Crippen LogP contribution >= 0.6 is 0 Å². The predicted molar refractivity (Wildman–Crippen MR) is 105 cm³/mol. The summed E-state index contributed by atoms with van der Waals surface area (Å²) in [6.45, 7) is 0.942. The lowest BCUT2D eigenvalue weighted by atomic mass is 9.86. The second-order valence-corrected chi connectivity index (χ2v) is 10.2. The molecule has 32 heavy (non-hydrogen) atoms. The van der Waals surface area contributed by atoms with Crippen molar-refractivity contribution in [3.8, 4) is 11.1 Å². The standard InChI is InChI=1S/C22H21F5O4S/c23-16-2-3-17(19(24)12-16)15-1-4-20(18(11-15)22(25,26)27)32(28,29)13-14-5-7-21(8-6-14)30-9-10-31-21/h1-4,11-12,14H,5-10,13H2. The molecule has 1 aliphatic heterocycles. The zero-order chi connectivity index (χ0) is 23.1. The van der Waals surface area contributed by atoms with E-state index in [1.807, 2.05) is 0 Å². The van der Waals surface area contributed by atoms with E-state index >= 15 is 0 Å². The first-order chi connectivity index (χ1) is 15.0. The predicted octanol–water partition coefficient (Wildman–Crippen LogP) is 5.36. The van der Waals surface area contributed by atoms with Gasteiger partial charge < -0.3 is 9.47 Å². The normalized spacial score (nSPS) is 19.5. The maximum absolute atomic E-state index is 14.1. The Morgan fingerprint density at radius 2 is 1.62 bits per heavy atom. The van der Waals surface area contributed by atoms with Crippen LogP contribution in [0.1, 0.15) is 31.2 Å². The van der Waals surface area contributed by atoms with Crippen molar-refractivity contribution in [3.05, 3.63) is 53.6 Å². The molecule has 0 radical (unpaired) electrons. The van der Waals surface area contributed by atoms with E-state index in [0.717, 1.165) is 24.3 Å². The minimum Gasteiger partial charge on any atom is -0.348 e. The average Bonchev–Trinajstić information content (AvgIpc) is 3.17. The molecule has 2 aromatic rings. The number of hydrogen-bond acceptors (Lipinski definition) is 4. The number of rotatable bonds is 4. The van der Waals surface area contributed by atoms with Crippen molar-refractivity contribution in [3.63, 3.8) is 0 Å². The van der Waals surface area contributed by atoms with Crippen molar-refractivity contribution >= 4 is 9.84 Å². The molecule has 1 aliphatic carbocycles. The Kier molecular flexibility index (Phi) is 6.06. The zero-order valence-corrected chi connectivity index (χ0v) is 17.7. The molecular formula is C22H21F5O4S. The number of alkyl halides is 3. The Morgan fingerprint density at radius 1 is 0.969 bits per heavy atom. The number of sulfone groups is 1. The Bertz CT molecular complexity index is 1100. The topological polar surface area (TPSA) is 52.6 Å². The van der Waals surface area contributed by atoms with E-state index in [1.54, 1.807) is 0 Å². The molecule has 1 heterocycles. The highest BCUT2D eigenvalue weighted by molar-refractivity contribution is 7.91. The summed E-state index contributed by atoms with van der Waals surface area (Å²) < 4.78 is 106. The van der Waals surface area contributed by atoms with E-state index in [-0.39, 0.29) is 17.0 Å².